The van der Waals surface area contributed by atoms with Crippen LogP contribution in [0.25, 0.3) is 0 Å². The van der Waals surface area contributed by atoms with E-state index in [-0.39, 0.29) is 5.88 Å². The molecule has 1 heterocycles. The van der Waals surface area contributed by atoms with E-state index >= 15 is 0 Å². The Balaban J connectivity index is 0.000000500. The molecule has 0 amide bonds. The van der Waals surface area contributed by atoms with Gasteiger partial charge in [-0.25, -0.2) is 0 Å². The number of aryl methyl sites for hydroxylation is 2. The molecule has 0 N–H and O–H groups in total. The van der Waals surface area contributed by atoms with E-state index in [0.717, 1.165) is 0 Å². The Morgan fingerprint density at radius 1 is 1.50 bits per heavy atom. The highest BCUT2D eigenvalue weighted by Crippen LogP contribution is 2.15. The number of nitrogens with zero attached hydrogens (tertiary/aromatic N) is 2. The Hall–Kier alpha value is -1.13. The fraction of sp³-hybridized carbons (Fsp3) is 0.667. The minimum Gasteiger partial charge on any atom is -0.415 e. The second-order valence-corrected chi connectivity index (χ2v) is 2.88. The molecule has 1 rings (SSSR count). The predicted molar refractivity (Wildman–Crippen MR) is 50.5 cm³/mol. The Kier molecular flexibility index (Phi) is 5.83. The van der Waals surface area contributed by atoms with Gasteiger partial charge in [-0.3, -0.25) is 4.68 Å². The fourth-order valence-corrected chi connectivity index (χ4v) is 0.787. The topological polar surface area (TPSA) is 27.1 Å². The number of rotatable bonds is 2. The first-order valence-electron chi connectivity index (χ1n) is 4.46. The molecule has 0 bridgehead atoms. The van der Waals surface area contributed by atoms with Crippen LogP contribution in [0, 0.1) is 6.92 Å². The molecular weight excluding hydrogens is 190 g/mol. The number of hydrogen-bond donors (Lipinski definition) is 0. The van der Waals surface area contributed by atoms with Gasteiger partial charge in [0.1, 0.15) is 0 Å². The normalized spacial score (nSPS) is 9.64. The van der Waals surface area contributed by atoms with Gasteiger partial charge in [-0.1, -0.05) is 20.3 Å². The molecule has 0 spiro atoms. The Labute approximate surface area is 82.7 Å². The van der Waals surface area contributed by atoms with E-state index in [1.165, 1.54) is 11.1 Å². The summed E-state index contributed by atoms with van der Waals surface area (Å²) in [5, 5.41) is 3.66. The number of ether oxygens (including phenoxy) is 1. The first kappa shape index (κ1) is 12.9. The average molecular weight is 206 g/mol. The summed E-state index contributed by atoms with van der Waals surface area (Å²) in [6.45, 7) is 3.11. The molecule has 0 saturated carbocycles. The molecule has 0 aromatic carbocycles. The van der Waals surface area contributed by atoms with Crippen molar-refractivity contribution in [1.29, 1.82) is 0 Å². The highest BCUT2D eigenvalue weighted by atomic mass is 19.3. The largest absolute Gasteiger partial charge is 0.415 e. The van der Waals surface area contributed by atoms with Crippen LogP contribution in [0.4, 0.5) is 8.78 Å². The highest BCUT2D eigenvalue weighted by Gasteiger charge is 2.09. The molecule has 0 unspecified atom stereocenters. The van der Waals surface area contributed by atoms with Crippen LogP contribution in [0.5, 0.6) is 5.88 Å². The smallest absolute Gasteiger partial charge is 0.388 e. The van der Waals surface area contributed by atoms with Gasteiger partial charge in [-0.05, 0) is 6.92 Å². The lowest BCUT2D eigenvalue weighted by atomic mass is 10.4. The molecule has 0 aliphatic heterocycles. The van der Waals surface area contributed by atoms with Crippen molar-refractivity contribution >= 4 is 0 Å². The monoisotopic (exact) mass is 206 g/mol. The molecule has 0 saturated heterocycles. The number of aromatic nitrogens is 2. The Morgan fingerprint density at radius 2 is 2.00 bits per heavy atom. The molecule has 0 fully saturated rings. The molecular formula is C9H16F2N2O. The van der Waals surface area contributed by atoms with E-state index in [9.17, 15) is 8.78 Å². The van der Waals surface area contributed by atoms with E-state index in [0.29, 0.717) is 5.56 Å². The third-order valence-electron chi connectivity index (χ3n) is 1.17. The Morgan fingerprint density at radius 3 is 2.29 bits per heavy atom. The quantitative estimate of drug-likeness (QED) is 0.744. The van der Waals surface area contributed by atoms with E-state index in [1.807, 2.05) is 0 Å². The van der Waals surface area contributed by atoms with Crippen LogP contribution in [0.3, 0.4) is 0 Å². The van der Waals surface area contributed by atoms with E-state index in [4.69, 9.17) is 0 Å². The van der Waals surface area contributed by atoms with Crippen LogP contribution < -0.4 is 4.74 Å². The van der Waals surface area contributed by atoms with Crippen LogP contribution in [0.2, 0.25) is 0 Å². The van der Waals surface area contributed by atoms with Crippen molar-refractivity contribution < 1.29 is 13.5 Å². The van der Waals surface area contributed by atoms with Gasteiger partial charge in [-0.15, -0.1) is 5.10 Å². The number of hydrogen-bond acceptors (Lipinski definition) is 2. The van der Waals surface area contributed by atoms with Crippen molar-refractivity contribution in [2.24, 2.45) is 7.05 Å². The predicted octanol–water partition coefficient (Wildman–Crippen LogP) is 2.75. The molecule has 14 heavy (non-hydrogen) atoms. The molecule has 82 valence electrons. The summed E-state index contributed by atoms with van der Waals surface area (Å²) < 4.78 is 28.8. The molecule has 0 radical (unpaired) electrons. The Bertz CT molecular complexity index is 261. The first-order chi connectivity index (χ1) is 6.51. The summed E-state index contributed by atoms with van der Waals surface area (Å²) in [5.41, 5.74) is 0.604. The van der Waals surface area contributed by atoms with Gasteiger partial charge >= 0.3 is 6.61 Å². The van der Waals surface area contributed by atoms with Crippen LogP contribution in [0.1, 0.15) is 25.8 Å². The summed E-state index contributed by atoms with van der Waals surface area (Å²) in [6.07, 6.45) is 2.86. The van der Waals surface area contributed by atoms with Gasteiger partial charge in [0.25, 0.3) is 0 Å². The standard InChI is InChI=1S/C6H8F2N2O.C3H8/c1-4-3-10(2)9-5(4)11-6(7)8;1-3-2/h3,6H,1-2H3;3H2,1-2H3. The van der Waals surface area contributed by atoms with Crippen LogP contribution in [-0.2, 0) is 7.05 Å². The van der Waals surface area contributed by atoms with Crippen LogP contribution in [0.15, 0.2) is 6.20 Å². The molecule has 0 atom stereocenters. The van der Waals surface area contributed by atoms with Crippen LogP contribution >= 0.6 is 0 Å². The van der Waals surface area contributed by atoms with Crippen molar-refractivity contribution in [3.8, 4) is 5.88 Å². The van der Waals surface area contributed by atoms with E-state index in [1.54, 1.807) is 20.2 Å². The number of halogens is 2. The SMILES string of the molecule is CCC.Cc1cn(C)nc1OC(F)F. The van der Waals surface area contributed by atoms with Crippen LogP contribution in [-0.4, -0.2) is 16.4 Å². The van der Waals surface area contributed by atoms with Gasteiger partial charge in [0.15, 0.2) is 0 Å². The summed E-state index contributed by atoms with van der Waals surface area (Å²) in [5.74, 6) is -0.0116. The maximum absolute atomic E-state index is 11.6. The highest BCUT2D eigenvalue weighted by molar-refractivity contribution is 5.20. The van der Waals surface area contributed by atoms with E-state index in [2.05, 4.69) is 23.7 Å². The maximum Gasteiger partial charge on any atom is 0.388 e. The summed E-state index contributed by atoms with van der Waals surface area (Å²) in [4.78, 5) is 0. The molecule has 1 aromatic rings. The molecule has 0 aliphatic carbocycles. The second kappa shape index (κ2) is 6.34. The lowest BCUT2D eigenvalue weighted by Gasteiger charge is -1.99. The van der Waals surface area contributed by atoms with Gasteiger partial charge in [0, 0.05) is 18.8 Å². The van der Waals surface area contributed by atoms with Gasteiger partial charge in [0.2, 0.25) is 5.88 Å². The van der Waals surface area contributed by atoms with Gasteiger partial charge in [0.05, 0.1) is 0 Å². The third-order valence-corrected chi connectivity index (χ3v) is 1.17. The summed E-state index contributed by atoms with van der Waals surface area (Å²) in [6, 6.07) is 0. The molecule has 1 aromatic heterocycles. The zero-order valence-electron chi connectivity index (χ0n) is 8.92. The zero-order valence-corrected chi connectivity index (χ0v) is 8.92. The summed E-state index contributed by atoms with van der Waals surface area (Å²) >= 11 is 0. The lowest BCUT2D eigenvalue weighted by molar-refractivity contribution is -0.0535. The van der Waals surface area contributed by atoms with Gasteiger partial charge < -0.3 is 4.74 Å². The van der Waals surface area contributed by atoms with Gasteiger partial charge in [-0.2, -0.15) is 8.78 Å². The van der Waals surface area contributed by atoms with Crippen molar-refractivity contribution in [3.63, 3.8) is 0 Å². The van der Waals surface area contributed by atoms with Crippen molar-refractivity contribution in [2.45, 2.75) is 33.8 Å². The fourth-order valence-electron chi connectivity index (χ4n) is 0.787. The van der Waals surface area contributed by atoms with Crippen molar-refractivity contribution in [1.82, 2.24) is 9.78 Å². The molecule has 0 aliphatic rings. The molecule has 3 nitrogen and oxygen atoms in total. The number of alkyl halides is 2. The maximum atomic E-state index is 11.6. The summed E-state index contributed by atoms with van der Waals surface area (Å²) in [7, 11) is 1.64. The van der Waals surface area contributed by atoms with E-state index < -0.39 is 6.61 Å². The minimum atomic E-state index is -2.80. The second-order valence-electron chi connectivity index (χ2n) is 2.88. The molecule has 5 heteroatoms. The third kappa shape index (κ3) is 4.79. The van der Waals surface area contributed by atoms with Crippen molar-refractivity contribution in [3.05, 3.63) is 11.8 Å². The first-order valence-corrected chi connectivity index (χ1v) is 4.46. The average Bonchev–Trinajstić information content (AvgIpc) is 2.30. The lowest BCUT2D eigenvalue weighted by Crippen LogP contribution is -2.03. The zero-order chi connectivity index (χ0) is 11.1. The van der Waals surface area contributed by atoms with Crippen molar-refractivity contribution in [2.75, 3.05) is 0 Å². The minimum absolute atomic E-state index is 0.0116.